The molecule has 1 fully saturated rings. The van der Waals surface area contributed by atoms with E-state index >= 15 is 0 Å². The van der Waals surface area contributed by atoms with Gasteiger partial charge in [-0.1, -0.05) is 6.07 Å². The summed E-state index contributed by atoms with van der Waals surface area (Å²) in [6.45, 7) is 1.03. The minimum atomic E-state index is -3.59. The number of hydrogen-bond donors (Lipinski definition) is 2. The number of aryl methyl sites for hydroxylation is 1. The molecule has 138 valence electrons. The number of nitrogens with one attached hydrogen (secondary N) is 2. The summed E-state index contributed by atoms with van der Waals surface area (Å²) in [6, 6.07) is 6.10. The third-order valence-corrected chi connectivity index (χ3v) is 6.23. The van der Waals surface area contributed by atoms with E-state index in [-0.39, 0.29) is 16.8 Å². The Morgan fingerprint density at radius 1 is 1.27 bits per heavy atom. The predicted octanol–water partition coefficient (Wildman–Crippen LogP) is 0.711. The average Bonchev–Trinajstić information content (AvgIpc) is 3.36. The predicted molar refractivity (Wildman–Crippen MR) is 94.0 cm³/mol. The van der Waals surface area contributed by atoms with Crippen molar-refractivity contribution in [1.29, 1.82) is 0 Å². The smallest absolute Gasteiger partial charge is 0.251 e. The van der Waals surface area contributed by atoms with Crippen LogP contribution in [0.1, 0.15) is 35.4 Å². The quantitative estimate of drug-likeness (QED) is 0.773. The number of hydrogen-bond acceptors (Lipinski definition) is 5. The molecule has 2 N–H and O–H groups in total. The van der Waals surface area contributed by atoms with Crippen LogP contribution in [0.3, 0.4) is 0 Å². The summed E-state index contributed by atoms with van der Waals surface area (Å²) in [5, 5.41) is 7.10. The molecule has 0 radical (unpaired) electrons. The van der Waals surface area contributed by atoms with E-state index in [1.165, 1.54) is 18.5 Å². The van der Waals surface area contributed by atoms with E-state index in [0.29, 0.717) is 24.6 Å². The van der Waals surface area contributed by atoms with Crippen LogP contribution in [0.25, 0.3) is 0 Å². The molecule has 0 spiro atoms. The Hall–Kier alpha value is -2.26. The van der Waals surface area contributed by atoms with Gasteiger partial charge in [0.1, 0.15) is 12.2 Å². The van der Waals surface area contributed by atoms with E-state index in [0.717, 1.165) is 31.5 Å². The third kappa shape index (κ3) is 3.78. The number of rotatable bonds is 6. The Bertz CT molecular complexity index is 920. The van der Waals surface area contributed by atoms with Gasteiger partial charge in [-0.25, -0.2) is 22.8 Å². The van der Waals surface area contributed by atoms with Crippen molar-refractivity contribution < 1.29 is 13.2 Å². The van der Waals surface area contributed by atoms with Crippen molar-refractivity contribution in [2.24, 2.45) is 5.92 Å². The van der Waals surface area contributed by atoms with Crippen molar-refractivity contribution in [1.82, 2.24) is 24.8 Å². The lowest BCUT2D eigenvalue weighted by Gasteiger charge is -2.23. The molecular formula is C17H21N5O3S. The molecule has 8 nitrogen and oxygen atoms in total. The number of amides is 1. The van der Waals surface area contributed by atoms with Crippen molar-refractivity contribution in [3.63, 3.8) is 0 Å². The van der Waals surface area contributed by atoms with Gasteiger partial charge in [0.25, 0.3) is 5.91 Å². The van der Waals surface area contributed by atoms with E-state index in [2.05, 4.69) is 20.1 Å². The van der Waals surface area contributed by atoms with Gasteiger partial charge in [0.15, 0.2) is 0 Å². The molecule has 1 unspecified atom stereocenters. The minimum Gasteiger partial charge on any atom is -0.347 e. The molecule has 0 saturated heterocycles. The normalized spacial score (nSPS) is 19.8. The number of sulfonamides is 1. The van der Waals surface area contributed by atoms with Gasteiger partial charge in [0, 0.05) is 24.6 Å². The Morgan fingerprint density at radius 2 is 2.12 bits per heavy atom. The van der Waals surface area contributed by atoms with Gasteiger partial charge in [-0.2, -0.15) is 5.10 Å². The molecule has 1 aliphatic heterocycles. The topological polar surface area (TPSA) is 106 Å². The maximum absolute atomic E-state index is 12.5. The summed E-state index contributed by atoms with van der Waals surface area (Å²) >= 11 is 0. The molecule has 9 heteroatoms. The zero-order valence-corrected chi connectivity index (χ0v) is 15.1. The minimum absolute atomic E-state index is 0.0510. The molecule has 1 aromatic heterocycles. The van der Waals surface area contributed by atoms with Crippen LogP contribution in [0.5, 0.6) is 0 Å². The summed E-state index contributed by atoms with van der Waals surface area (Å²) < 4.78 is 29.2. The van der Waals surface area contributed by atoms with E-state index in [4.69, 9.17) is 0 Å². The molecule has 1 saturated carbocycles. The lowest BCUT2D eigenvalue weighted by atomic mass is 10.1. The molecule has 4 rings (SSSR count). The number of nitrogens with zero attached hydrogens (tertiary/aromatic N) is 3. The number of fused-ring (bicyclic) bond motifs is 1. The van der Waals surface area contributed by atoms with Gasteiger partial charge >= 0.3 is 0 Å². The SMILES string of the molecule is O=C(NC1CCc2ncnn2C1)c1cccc(S(=O)(=O)NCC2CC2)c1. The van der Waals surface area contributed by atoms with Gasteiger partial charge in [-0.15, -0.1) is 0 Å². The Kier molecular flexibility index (Phi) is 4.49. The first-order valence-corrected chi connectivity index (χ1v) is 10.3. The van der Waals surface area contributed by atoms with Crippen LogP contribution in [-0.2, 0) is 23.0 Å². The van der Waals surface area contributed by atoms with E-state index in [1.54, 1.807) is 16.8 Å². The molecule has 1 atom stereocenters. The fourth-order valence-electron chi connectivity index (χ4n) is 3.06. The van der Waals surface area contributed by atoms with Crippen LogP contribution in [-0.4, -0.2) is 41.7 Å². The van der Waals surface area contributed by atoms with Gasteiger partial charge in [0.2, 0.25) is 10.0 Å². The molecular weight excluding hydrogens is 354 g/mol. The largest absolute Gasteiger partial charge is 0.347 e. The zero-order valence-electron chi connectivity index (χ0n) is 14.3. The number of aromatic nitrogens is 3. The van der Waals surface area contributed by atoms with Crippen molar-refractivity contribution in [2.45, 2.75) is 43.2 Å². The molecule has 1 amide bonds. The second kappa shape index (κ2) is 6.81. The van der Waals surface area contributed by atoms with Crippen LogP contribution in [0.15, 0.2) is 35.5 Å². The fraction of sp³-hybridized carbons (Fsp3) is 0.471. The maximum Gasteiger partial charge on any atom is 0.251 e. The van der Waals surface area contributed by atoms with Crippen LogP contribution >= 0.6 is 0 Å². The first kappa shape index (κ1) is 17.2. The Balaban J connectivity index is 1.43. The van der Waals surface area contributed by atoms with Crippen LogP contribution in [0.4, 0.5) is 0 Å². The zero-order chi connectivity index (χ0) is 18.1. The summed E-state index contributed by atoms with van der Waals surface area (Å²) in [6.07, 6.45) is 5.19. The van der Waals surface area contributed by atoms with E-state index < -0.39 is 10.0 Å². The molecule has 1 aromatic carbocycles. The summed E-state index contributed by atoms with van der Waals surface area (Å²) in [5.74, 6) is 1.09. The first-order chi connectivity index (χ1) is 12.5. The van der Waals surface area contributed by atoms with Crippen LogP contribution < -0.4 is 10.0 Å². The monoisotopic (exact) mass is 375 g/mol. The number of carbonyl (C=O) groups is 1. The molecule has 26 heavy (non-hydrogen) atoms. The summed E-state index contributed by atoms with van der Waals surface area (Å²) in [7, 11) is -3.59. The molecule has 2 aliphatic rings. The van der Waals surface area contributed by atoms with E-state index in [1.807, 2.05) is 0 Å². The third-order valence-electron chi connectivity index (χ3n) is 4.81. The number of benzene rings is 1. The van der Waals surface area contributed by atoms with E-state index in [9.17, 15) is 13.2 Å². The van der Waals surface area contributed by atoms with Gasteiger partial charge in [-0.05, 0) is 43.4 Å². The summed E-state index contributed by atoms with van der Waals surface area (Å²) in [5.41, 5.74) is 0.337. The van der Waals surface area contributed by atoms with Crippen molar-refractivity contribution in [2.75, 3.05) is 6.54 Å². The highest BCUT2D eigenvalue weighted by Crippen LogP contribution is 2.28. The standard InChI is InChI=1S/C17H21N5O3S/c23-17(21-14-6-7-16-18-11-19-22(16)10-14)13-2-1-3-15(8-13)26(24,25)20-9-12-4-5-12/h1-3,8,11-12,14,20H,4-7,9-10H2,(H,21,23). The number of carbonyl (C=O) groups excluding carboxylic acids is 1. The van der Waals surface area contributed by atoms with Crippen LogP contribution in [0.2, 0.25) is 0 Å². The molecule has 0 bridgehead atoms. The van der Waals surface area contributed by atoms with Gasteiger partial charge in [0.05, 0.1) is 11.4 Å². The maximum atomic E-state index is 12.5. The van der Waals surface area contributed by atoms with Crippen molar-refractivity contribution in [3.05, 3.63) is 42.0 Å². The Morgan fingerprint density at radius 3 is 2.92 bits per heavy atom. The molecule has 1 aliphatic carbocycles. The van der Waals surface area contributed by atoms with Crippen molar-refractivity contribution in [3.8, 4) is 0 Å². The average molecular weight is 375 g/mol. The first-order valence-electron chi connectivity index (χ1n) is 8.78. The molecule has 2 aromatic rings. The van der Waals surface area contributed by atoms with Crippen molar-refractivity contribution >= 4 is 15.9 Å². The van der Waals surface area contributed by atoms with Gasteiger partial charge in [-0.3, -0.25) is 4.79 Å². The highest BCUT2D eigenvalue weighted by atomic mass is 32.2. The van der Waals surface area contributed by atoms with Gasteiger partial charge < -0.3 is 5.32 Å². The second-order valence-electron chi connectivity index (χ2n) is 6.89. The fourth-order valence-corrected chi connectivity index (χ4v) is 4.22. The summed E-state index contributed by atoms with van der Waals surface area (Å²) in [4.78, 5) is 16.8. The Labute approximate surface area is 152 Å². The molecule has 2 heterocycles. The second-order valence-corrected chi connectivity index (χ2v) is 8.66. The highest BCUT2D eigenvalue weighted by molar-refractivity contribution is 7.89. The highest BCUT2D eigenvalue weighted by Gasteiger charge is 2.25. The van der Waals surface area contributed by atoms with Crippen LogP contribution in [0, 0.1) is 5.92 Å². The lowest BCUT2D eigenvalue weighted by Crippen LogP contribution is -2.41. The lowest BCUT2D eigenvalue weighted by molar-refractivity contribution is 0.0926.